The normalized spacial score (nSPS) is 26.2. The summed E-state index contributed by atoms with van der Waals surface area (Å²) in [6.45, 7) is 19.6. The maximum Gasteiger partial charge on any atom is 0.329 e. The van der Waals surface area contributed by atoms with Crippen LogP contribution in [-0.4, -0.2) is 128 Å². The van der Waals surface area contributed by atoms with Crippen LogP contribution in [0.3, 0.4) is 0 Å². The number of rotatable bonds is 11. The third-order valence-corrected chi connectivity index (χ3v) is 11.9. The fourth-order valence-corrected chi connectivity index (χ4v) is 9.01. The first-order valence-corrected chi connectivity index (χ1v) is 18.0. The Bertz CT molecular complexity index is 1270. The van der Waals surface area contributed by atoms with Gasteiger partial charge in [0.1, 0.15) is 23.2 Å². The van der Waals surface area contributed by atoms with Crippen LogP contribution >= 0.6 is 0 Å². The maximum absolute atomic E-state index is 13.7. The van der Waals surface area contributed by atoms with Crippen LogP contribution in [0.5, 0.6) is 0 Å². The Balaban J connectivity index is 1.18. The summed E-state index contributed by atoms with van der Waals surface area (Å²) in [5.41, 5.74) is -3.56. The summed E-state index contributed by atoms with van der Waals surface area (Å²) >= 11 is 0. The van der Waals surface area contributed by atoms with Gasteiger partial charge >= 0.3 is 24.0 Å². The van der Waals surface area contributed by atoms with Gasteiger partial charge in [0.05, 0.1) is 13.2 Å². The molecule has 4 saturated heterocycles. The van der Waals surface area contributed by atoms with E-state index < -0.39 is 59.0 Å². The zero-order valence-corrected chi connectivity index (χ0v) is 32.3. The van der Waals surface area contributed by atoms with E-state index in [1.165, 1.54) is 13.8 Å². The highest BCUT2D eigenvalue weighted by atomic mass is 16.5. The van der Waals surface area contributed by atoms with Crippen LogP contribution in [0.2, 0.25) is 0 Å². The highest BCUT2D eigenvalue weighted by Crippen LogP contribution is 2.46. The topological polar surface area (TPSA) is 158 Å². The van der Waals surface area contributed by atoms with Crippen LogP contribution in [0.15, 0.2) is 0 Å². The minimum absolute atomic E-state index is 0.122. The van der Waals surface area contributed by atoms with Crippen molar-refractivity contribution < 1.29 is 38.2 Å². The van der Waals surface area contributed by atoms with Crippen molar-refractivity contribution in [3.05, 3.63) is 0 Å². The van der Waals surface area contributed by atoms with Crippen LogP contribution < -0.4 is 10.6 Å². The molecule has 2 atom stereocenters. The van der Waals surface area contributed by atoms with Gasteiger partial charge in [0, 0.05) is 22.2 Å². The third kappa shape index (κ3) is 7.11. The van der Waals surface area contributed by atoms with E-state index in [4.69, 9.17) is 9.47 Å². The van der Waals surface area contributed by atoms with Gasteiger partial charge in [-0.3, -0.25) is 19.4 Å². The Morgan fingerprint density at radius 1 is 0.580 bits per heavy atom. The SMILES string of the molecule is CC(C(=O)OCCCCCCOC(=O)C(C)N1C(=O)NC2(CC(C)(C)N(C)C(C)(C)C2)C1=O)N1C(=O)NC2(CC(C)(C)N(C)C(C)(C)C2)C1=O. The second kappa shape index (κ2) is 13.4. The van der Waals surface area contributed by atoms with E-state index in [-0.39, 0.29) is 35.4 Å². The minimum Gasteiger partial charge on any atom is -0.464 e. The predicted octanol–water partition coefficient (Wildman–Crippen LogP) is 3.56. The first-order chi connectivity index (χ1) is 22.8. The summed E-state index contributed by atoms with van der Waals surface area (Å²) in [7, 11) is 4.04. The van der Waals surface area contributed by atoms with Crippen LogP contribution in [-0.2, 0) is 28.7 Å². The summed E-state index contributed by atoms with van der Waals surface area (Å²) in [5.74, 6) is -2.08. The molecule has 0 aromatic carbocycles. The molecule has 4 heterocycles. The molecule has 0 aromatic heterocycles. The average molecular weight is 705 g/mol. The fourth-order valence-electron chi connectivity index (χ4n) is 9.01. The van der Waals surface area contributed by atoms with Gasteiger partial charge in [-0.1, -0.05) is 0 Å². The number of ether oxygens (including phenoxy) is 2. The number of hydrogen-bond acceptors (Lipinski definition) is 10. The first kappa shape index (κ1) is 39.5. The number of hydrogen-bond donors (Lipinski definition) is 2. The molecule has 4 aliphatic rings. The van der Waals surface area contributed by atoms with Gasteiger partial charge in [-0.05, 0) is 135 Å². The highest BCUT2D eigenvalue weighted by Gasteiger charge is 2.63. The zero-order chi connectivity index (χ0) is 37.8. The lowest BCUT2D eigenvalue weighted by atomic mass is 9.69. The zero-order valence-electron chi connectivity index (χ0n) is 32.3. The maximum atomic E-state index is 13.7. The molecule has 0 radical (unpaired) electrons. The number of nitrogens with one attached hydrogen (secondary N) is 2. The quantitative estimate of drug-likeness (QED) is 0.185. The third-order valence-electron chi connectivity index (χ3n) is 11.9. The summed E-state index contributed by atoms with van der Waals surface area (Å²) in [6, 6.07) is -3.29. The minimum atomic E-state index is -1.08. The van der Waals surface area contributed by atoms with E-state index in [1.54, 1.807) is 0 Å². The Morgan fingerprint density at radius 2 is 0.860 bits per heavy atom. The van der Waals surface area contributed by atoms with Crippen molar-refractivity contribution in [3.8, 4) is 0 Å². The number of nitrogens with zero attached hydrogens (tertiary/aromatic N) is 4. The lowest BCUT2D eigenvalue weighted by Gasteiger charge is -2.56. The number of unbranched alkanes of at least 4 members (excludes halogenated alkanes) is 3. The van der Waals surface area contributed by atoms with Gasteiger partial charge in [0.25, 0.3) is 11.8 Å². The average Bonchev–Trinajstić information content (AvgIpc) is 3.35. The van der Waals surface area contributed by atoms with Gasteiger partial charge in [0.15, 0.2) is 0 Å². The molecule has 2 spiro atoms. The van der Waals surface area contributed by atoms with Gasteiger partial charge in [0.2, 0.25) is 0 Å². The monoisotopic (exact) mass is 704 g/mol. The van der Waals surface area contributed by atoms with Crippen molar-refractivity contribution in [2.45, 2.75) is 166 Å². The molecule has 14 heteroatoms. The van der Waals surface area contributed by atoms with Crippen molar-refractivity contribution in [2.75, 3.05) is 27.3 Å². The lowest BCUT2D eigenvalue weighted by Crippen LogP contribution is -2.68. The van der Waals surface area contributed by atoms with Gasteiger partial charge in [-0.15, -0.1) is 0 Å². The number of carbonyl (C=O) groups is 6. The summed E-state index contributed by atoms with van der Waals surface area (Å²) < 4.78 is 10.9. The molecule has 4 aliphatic heterocycles. The predicted molar refractivity (Wildman–Crippen MR) is 186 cm³/mol. The van der Waals surface area contributed by atoms with E-state index in [2.05, 4.69) is 20.4 Å². The number of esters is 2. The fraction of sp³-hybridized carbons (Fsp3) is 0.833. The molecule has 2 unspecified atom stereocenters. The van der Waals surface area contributed by atoms with Crippen LogP contribution in [0.1, 0.15) is 121 Å². The standard InChI is InChI=1S/C36H60N6O8/c1-23(41-27(45)35(37-29(41)47)19-31(3,4)39(11)32(5,6)20-35)25(43)49-17-15-13-14-16-18-50-26(44)24(2)42-28(46)36(38-30(42)48)21-33(7,8)40(12)34(9,10)22-36/h23-24H,13-22H2,1-12H3,(H,37,47)(H,38,48). The highest BCUT2D eigenvalue weighted by molar-refractivity contribution is 6.10. The van der Waals surface area contributed by atoms with Crippen LogP contribution in [0.25, 0.3) is 0 Å². The van der Waals surface area contributed by atoms with Crippen LogP contribution in [0, 0.1) is 0 Å². The summed E-state index contributed by atoms with van der Waals surface area (Å²) in [4.78, 5) is 85.6. The lowest BCUT2D eigenvalue weighted by molar-refractivity contribution is -0.154. The smallest absolute Gasteiger partial charge is 0.329 e. The Hall–Kier alpha value is -3.26. The van der Waals surface area contributed by atoms with Crippen molar-refractivity contribution in [1.82, 2.24) is 30.2 Å². The Morgan fingerprint density at radius 3 is 1.14 bits per heavy atom. The van der Waals surface area contributed by atoms with E-state index in [0.717, 1.165) is 9.80 Å². The molecule has 6 amide bonds. The number of amides is 6. The second-order valence-corrected chi connectivity index (χ2v) is 17.6. The van der Waals surface area contributed by atoms with Gasteiger partial charge < -0.3 is 20.1 Å². The molecule has 0 saturated carbocycles. The number of likely N-dealkylation sites (tertiary alicyclic amines) is 2. The first-order valence-electron chi connectivity index (χ1n) is 18.0. The van der Waals surface area contributed by atoms with Crippen molar-refractivity contribution in [3.63, 3.8) is 0 Å². The van der Waals surface area contributed by atoms with E-state index in [9.17, 15) is 28.8 Å². The van der Waals surface area contributed by atoms with Crippen molar-refractivity contribution in [2.24, 2.45) is 0 Å². The number of carbonyl (C=O) groups excluding carboxylic acids is 6. The number of imide groups is 2. The second-order valence-electron chi connectivity index (χ2n) is 17.6. The van der Waals surface area contributed by atoms with Crippen molar-refractivity contribution >= 4 is 35.8 Å². The van der Waals surface area contributed by atoms with Gasteiger partial charge in [-0.2, -0.15) is 0 Å². The van der Waals surface area contributed by atoms with Crippen molar-refractivity contribution in [1.29, 1.82) is 0 Å². The molecule has 0 aromatic rings. The molecule has 50 heavy (non-hydrogen) atoms. The Kier molecular flexibility index (Phi) is 10.6. The molecule has 4 rings (SSSR count). The molecule has 0 bridgehead atoms. The van der Waals surface area contributed by atoms with E-state index in [1.807, 2.05) is 69.5 Å². The molecule has 2 N–H and O–H groups in total. The van der Waals surface area contributed by atoms with E-state index >= 15 is 0 Å². The molecule has 4 fully saturated rings. The molecule has 0 aliphatic carbocycles. The summed E-state index contributed by atoms with van der Waals surface area (Å²) in [5, 5.41) is 5.83. The van der Waals surface area contributed by atoms with Gasteiger partial charge in [-0.25, -0.2) is 29.0 Å². The largest absolute Gasteiger partial charge is 0.464 e. The molecule has 282 valence electrons. The Labute approximate surface area is 297 Å². The van der Waals surface area contributed by atoms with Crippen LogP contribution in [0.4, 0.5) is 9.59 Å². The van der Waals surface area contributed by atoms with E-state index in [0.29, 0.717) is 51.4 Å². The molecular formula is C36H60N6O8. The molecule has 14 nitrogen and oxygen atoms in total. The number of urea groups is 2. The molecular weight excluding hydrogens is 644 g/mol. The summed E-state index contributed by atoms with van der Waals surface area (Å²) in [6.07, 6.45) is 4.19. The number of piperidine rings is 2.